The van der Waals surface area contributed by atoms with E-state index in [1.54, 1.807) is 0 Å². The van der Waals surface area contributed by atoms with Crippen molar-refractivity contribution in [2.45, 2.75) is 19.6 Å². The number of likely N-dealkylation sites (N-methyl/N-ethyl adjacent to an activating group) is 1. The molecule has 1 aliphatic rings. The Bertz CT molecular complexity index is 397. The highest BCUT2D eigenvalue weighted by atomic mass is 16.7. The van der Waals surface area contributed by atoms with E-state index in [0.29, 0.717) is 19.8 Å². The number of hydrogen-bond acceptors (Lipinski definition) is 4. The van der Waals surface area contributed by atoms with Crippen molar-refractivity contribution in [3.8, 4) is 0 Å². The van der Waals surface area contributed by atoms with Crippen molar-refractivity contribution in [1.29, 1.82) is 0 Å². The lowest BCUT2D eigenvalue weighted by atomic mass is 10.0. The highest BCUT2D eigenvalue weighted by molar-refractivity contribution is 5.78. The van der Waals surface area contributed by atoms with Crippen LogP contribution in [-0.4, -0.2) is 31.7 Å². The van der Waals surface area contributed by atoms with E-state index in [4.69, 9.17) is 9.57 Å². The second-order valence-corrected chi connectivity index (χ2v) is 4.55. The molecule has 1 aromatic rings. The number of ether oxygens (including phenoxy) is 1. The van der Waals surface area contributed by atoms with E-state index in [1.165, 1.54) is 0 Å². The van der Waals surface area contributed by atoms with Crippen LogP contribution >= 0.6 is 0 Å². The molecule has 1 amide bonds. The topological polar surface area (TPSA) is 59.6 Å². The quantitative estimate of drug-likeness (QED) is 0.748. The minimum absolute atomic E-state index is 0.0744. The Hall–Kier alpha value is -1.43. The molecule has 1 heterocycles. The number of nitrogens with one attached hydrogen (secondary N) is 2. The third-order valence-electron chi connectivity index (χ3n) is 3.14. The first-order valence-corrected chi connectivity index (χ1v) is 6.58. The Labute approximate surface area is 113 Å². The maximum Gasteiger partial charge on any atom is 0.250 e. The summed E-state index contributed by atoms with van der Waals surface area (Å²) in [5.41, 5.74) is 3.52. The van der Waals surface area contributed by atoms with Crippen LogP contribution in [0.4, 0.5) is 0 Å². The zero-order chi connectivity index (χ0) is 13.5. The minimum Gasteiger partial charge on any atom is -0.379 e. The van der Waals surface area contributed by atoms with Gasteiger partial charge in [-0.2, -0.15) is 0 Å². The molecule has 0 aliphatic carbocycles. The van der Waals surface area contributed by atoms with E-state index in [2.05, 4.69) is 10.8 Å². The standard InChI is InChI=1S/C14H20N2O3/c1-2-15-13-10-18-9-12(13)14(17)16-19-8-11-6-4-3-5-7-11/h3-7,12-13,15H,2,8-10H2,1H3,(H,16,17). The molecule has 5 nitrogen and oxygen atoms in total. The Morgan fingerprint density at radius 2 is 2.16 bits per heavy atom. The maximum absolute atomic E-state index is 12.0. The van der Waals surface area contributed by atoms with Crippen molar-refractivity contribution in [3.63, 3.8) is 0 Å². The van der Waals surface area contributed by atoms with E-state index in [9.17, 15) is 4.79 Å². The van der Waals surface area contributed by atoms with Crippen molar-refractivity contribution in [2.75, 3.05) is 19.8 Å². The van der Waals surface area contributed by atoms with E-state index in [1.807, 2.05) is 37.3 Å². The molecule has 0 bridgehead atoms. The molecule has 0 radical (unpaired) electrons. The maximum atomic E-state index is 12.0. The second-order valence-electron chi connectivity index (χ2n) is 4.55. The molecule has 2 N–H and O–H groups in total. The lowest BCUT2D eigenvalue weighted by Gasteiger charge is -2.17. The molecule has 2 atom stereocenters. The normalized spacial score (nSPS) is 22.4. The van der Waals surface area contributed by atoms with Gasteiger partial charge in [0.15, 0.2) is 0 Å². The number of carbonyl (C=O) groups is 1. The van der Waals surface area contributed by atoms with Crippen molar-refractivity contribution < 1.29 is 14.4 Å². The zero-order valence-electron chi connectivity index (χ0n) is 11.1. The Morgan fingerprint density at radius 1 is 1.37 bits per heavy atom. The van der Waals surface area contributed by atoms with Gasteiger partial charge in [0.1, 0.15) is 0 Å². The molecule has 2 rings (SSSR count). The van der Waals surface area contributed by atoms with Crippen LogP contribution in [0.3, 0.4) is 0 Å². The first-order chi connectivity index (χ1) is 9.31. The Balaban J connectivity index is 1.75. The van der Waals surface area contributed by atoms with Gasteiger partial charge in [0.25, 0.3) is 5.91 Å². The largest absolute Gasteiger partial charge is 0.379 e. The summed E-state index contributed by atoms with van der Waals surface area (Å²) in [6, 6.07) is 9.79. The van der Waals surface area contributed by atoms with Gasteiger partial charge in [-0.3, -0.25) is 9.63 Å². The predicted molar refractivity (Wildman–Crippen MR) is 71.1 cm³/mol. The summed E-state index contributed by atoms with van der Waals surface area (Å²) in [6.45, 7) is 4.22. The van der Waals surface area contributed by atoms with Crippen molar-refractivity contribution >= 4 is 5.91 Å². The van der Waals surface area contributed by atoms with Crippen LogP contribution in [0.5, 0.6) is 0 Å². The van der Waals surface area contributed by atoms with Crippen molar-refractivity contribution in [2.24, 2.45) is 5.92 Å². The van der Waals surface area contributed by atoms with Crippen molar-refractivity contribution in [3.05, 3.63) is 35.9 Å². The van der Waals surface area contributed by atoms with Crippen LogP contribution in [0, 0.1) is 5.92 Å². The SMILES string of the molecule is CCNC1COCC1C(=O)NOCc1ccccc1. The van der Waals surface area contributed by atoms with Gasteiger partial charge >= 0.3 is 0 Å². The number of benzene rings is 1. The summed E-state index contributed by atoms with van der Waals surface area (Å²) in [6.07, 6.45) is 0. The molecule has 5 heteroatoms. The minimum atomic E-state index is -0.185. The third kappa shape index (κ3) is 4.02. The molecule has 1 saturated heterocycles. The molecule has 0 aromatic heterocycles. The molecule has 0 saturated carbocycles. The average Bonchev–Trinajstić information content (AvgIpc) is 2.89. The molecule has 1 aliphatic heterocycles. The first kappa shape index (κ1) is 14.0. The summed E-state index contributed by atoms with van der Waals surface area (Å²) < 4.78 is 5.33. The number of hydrogen-bond donors (Lipinski definition) is 2. The Morgan fingerprint density at radius 3 is 2.89 bits per heavy atom. The van der Waals surface area contributed by atoms with E-state index in [0.717, 1.165) is 12.1 Å². The molecule has 104 valence electrons. The lowest BCUT2D eigenvalue weighted by Crippen LogP contribution is -2.43. The van der Waals surface area contributed by atoms with Gasteiger partial charge in [0.05, 0.1) is 25.7 Å². The number of hydroxylamine groups is 1. The highest BCUT2D eigenvalue weighted by Crippen LogP contribution is 2.13. The van der Waals surface area contributed by atoms with Crippen LogP contribution in [0.1, 0.15) is 12.5 Å². The van der Waals surface area contributed by atoms with Gasteiger partial charge in [0, 0.05) is 6.04 Å². The van der Waals surface area contributed by atoms with Crippen LogP contribution in [0.15, 0.2) is 30.3 Å². The van der Waals surface area contributed by atoms with Gasteiger partial charge in [-0.15, -0.1) is 0 Å². The van der Waals surface area contributed by atoms with Gasteiger partial charge in [-0.25, -0.2) is 5.48 Å². The lowest BCUT2D eigenvalue weighted by molar-refractivity contribution is -0.139. The van der Waals surface area contributed by atoms with Gasteiger partial charge < -0.3 is 10.1 Å². The van der Waals surface area contributed by atoms with E-state index < -0.39 is 0 Å². The fourth-order valence-electron chi connectivity index (χ4n) is 2.12. The van der Waals surface area contributed by atoms with Crippen LogP contribution in [0.25, 0.3) is 0 Å². The van der Waals surface area contributed by atoms with E-state index in [-0.39, 0.29) is 17.9 Å². The second kappa shape index (κ2) is 7.23. The first-order valence-electron chi connectivity index (χ1n) is 6.58. The summed E-state index contributed by atoms with van der Waals surface area (Å²) in [5, 5.41) is 3.24. The predicted octanol–water partition coefficient (Wildman–Crippen LogP) is 0.859. The Kier molecular flexibility index (Phi) is 5.32. The van der Waals surface area contributed by atoms with Crippen LogP contribution < -0.4 is 10.8 Å². The van der Waals surface area contributed by atoms with Crippen LogP contribution in [-0.2, 0) is 21.0 Å². The molecular weight excluding hydrogens is 244 g/mol. The average molecular weight is 264 g/mol. The van der Waals surface area contributed by atoms with Crippen molar-refractivity contribution in [1.82, 2.24) is 10.8 Å². The summed E-state index contributed by atoms with van der Waals surface area (Å²) in [5.74, 6) is -0.310. The zero-order valence-corrected chi connectivity index (χ0v) is 11.1. The van der Waals surface area contributed by atoms with Crippen LogP contribution in [0.2, 0.25) is 0 Å². The molecule has 2 unspecified atom stereocenters. The van der Waals surface area contributed by atoms with E-state index >= 15 is 0 Å². The highest BCUT2D eigenvalue weighted by Gasteiger charge is 2.33. The number of rotatable bonds is 6. The summed E-state index contributed by atoms with van der Waals surface area (Å²) in [7, 11) is 0. The summed E-state index contributed by atoms with van der Waals surface area (Å²) >= 11 is 0. The van der Waals surface area contributed by atoms with Gasteiger partial charge in [0.2, 0.25) is 0 Å². The summed E-state index contributed by atoms with van der Waals surface area (Å²) in [4.78, 5) is 17.2. The smallest absolute Gasteiger partial charge is 0.250 e. The molecular formula is C14H20N2O3. The fraction of sp³-hybridized carbons (Fsp3) is 0.500. The number of amides is 1. The molecule has 1 aromatic carbocycles. The third-order valence-corrected chi connectivity index (χ3v) is 3.14. The van der Waals surface area contributed by atoms with Gasteiger partial charge in [-0.1, -0.05) is 37.3 Å². The molecule has 19 heavy (non-hydrogen) atoms. The monoisotopic (exact) mass is 264 g/mol. The molecule has 0 spiro atoms. The fourth-order valence-corrected chi connectivity index (χ4v) is 2.12. The van der Waals surface area contributed by atoms with Gasteiger partial charge in [-0.05, 0) is 12.1 Å². The number of carbonyl (C=O) groups excluding carboxylic acids is 1. The molecule has 1 fully saturated rings.